The zero-order chi connectivity index (χ0) is 21.7. The first-order valence-electron chi connectivity index (χ1n) is 9.69. The van der Waals surface area contributed by atoms with Gasteiger partial charge in [0.1, 0.15) is 16.3 Å². The number of hydrogen-bond donors (Lipinski definition) is 1. The molecular weight excluding hydrogens is 438 g/mol. The molecule has 156 valence electrons. The lowest BCUT2D eigenvalue weighted by molar-refractivity contribution is 0.0970. The molecule has 4 aromatic rings. The molecule has 1 N–H and O–H groups in total. The van der Waals surface area contributed by atoms with Gasteiger partial charge in [0.05, 0.1) is 17.0 Å². The minimum atomic E-state index is -0.759. The third-order valence-corrected chi connectivity index (χ3v) is 6.38. The number of phenolic OH excluding ortho intramolecular Hbond substituents is 1. The highest BCUT2D eigenvalue weighted by molar-refractivity contribution is 7.15. The van der Waals surface area contributed by atoms with Crippen LogP contribution in [0.25, 0.3) is 11.0 Å². The average Bonchev–Trinajstić information content (AvgIpc) is 3.32. The molecule has 1 aliphatic rings. The fourth-order valence-electron chi connectivity index (χ4n) is 3.77. The van der Waals surface area contributed by atoms with Gasteiger partial charge in [0.2, 0.25) is 10.9 Å². The van der Waals surface area contributed by atoms with Crippen molar-refractivity contribution < 1.29 is 14.3 Å². The van der Waals surface area contributed by atoms with E-state index in [0.29, 0.717) is 21.1 Å². The van der Waals surface area contributed by atoms with Gasteiger partial charge in [0.25, 0.3) is 5.91 Å². The van der Waals surface area contributed by atoms with Crippen LogP contribution in [0, 0.1) is 0 Å². The number of benzene rings is 2. The van der Waals surface area contributed by atoms with Crippen molar-refractivity contribution in [2.75, 3.05) is 4.90 Å². The molecule has 1 aliphatic heterocycles. The van der Waals surface area contributed by atoms with Crippen LogP contribution in [0.15, 0.2) is 51.7 Å². The van der Waals surface area contributed by atoms with Crippen molar-refractivity contribution in [3.05, 3.63) is 79.6 Å². The van der Waals surface area contributed by atoms with E-state index in [1.807, 2.05) is 6.92 Å². The van der Waals surface area contributed by atoms with Gasteiger partial charge < -0.3 is 9.52 Å². The molecule has 7 nitrogen and oxygen atoms in total. The SMILES string of the molecule is CCCc1nnc(N2C(=O)c3oc4ccc(Cl)cc4c(=O)c3C2c2ccc(O)cc2)s1. The van der Waals surface area contributed by atoms with Crippen LogP contribution in [0.5, 0.6) is 5.75 Å². The van der Waals surface area contributed by atoms with Crippen molar-refractivity contribution in [1.82, 2.24) is 10.2 Å². The molecule has 5 rings (SSSR count). The molecule has 31 heavy (non-hydrogen) atoms. The third-order valence-electron chi connectivity index (χ3n) is 5.17. The number of phenols is 1. The molecule has 0 bridgehead atoms. The molecule has 0 spiro atoms. The van der Waals surface area contributed by atoms with Crippen molar-refractivity contribution in [3.8, 4) is 5.75 Å². The van der Waals surface area contributed by atoms with Crippen molar-refractivity contribution in [2.45, 2.75) is 25.8 Å². The van der Waals surface area contributed by atoms with Crippen molar-refractivity contribution in [3.63, 3.8) is 0 Å². The summed E-state index contributed by atoms with van der Waals surface area (Å²) < 4.78 is 5.89. The van der Waals surface area contributed by atoms with Gasteiger partial charge in [0.15, 0.2) is 5.43 Å². The molecule has 2 aromatic carbocycles. The molecule has 1 atom stereocenters. The van der Waals surface area contributed by atoms with Gasteiger partial charge in [-0.25, -0.2) is 0 Å². The van der Waals surface area contributed by atoms with Crippen LogP contribution in [-0.4, -0.2) is 21.2 Å². The van der Waals surface area contributed by atoms with Gasteiger partial charge >= 0.3 is 0 Å². The lowest BCUT2D eigenvalue weighted by Crippen LogP contribution is -2.29. The van der Waals surface area contributed by atoms with E-state index in [-0.39, 0.29) is 28.1 Å². The summed E-state index contributed by atoms with van der Waals surface area (Å²) in [5.41, 5.74) is 0.825. The summed E-state index contributed by atoms with van der Waals surface area (Å²) in [4.78, 5) is 28.4. The Morgan fingerprint density at radius 3 is 2.68 bits per heavy atom. The number of hydrogen-bond acceptors (Lipinski definition) is 7. The summed E-state index contributed by atoms with van der Waals surface area (Å²) in [5.74, 6) is -0.398. The predicted molar refractivity (Wildman–Crippen MR) is 118 cm³/mol. The van der Waals surface area contributed by atoms with E-state index in [4.69, 9.17) is 16.0 Å². The Bertz CT molecular complexity index is 1380. The number of anilines is 1. The number of carbonyl (C=O) groups excluding carboxylic acids is 1. The Kier molecular flexibility index (Phi) is 4.75. The second-order valence-electron chi connectivity index (χ2n) is 7.21. The van der Waals surface area contributed by atoms with E-state index < -0.39 is 11.9 Å². The number of aryl methyl sites for hydroxylation is 1. The first-order chi connectivity index (χ1) is 15.0. The first kappa shape index (κ1) is 19.7. The summed E-state index contributed by atoms with van der Waals surface area (Å²) in [5, 5.41) is 20.0. The zero-order valence-electron chi connectivity index (χ0n) is 16.3. The van der Waals surface area contributed by atoms with E-state index in [1.165, 1.54) is 34.4 Å². The van der Waals surface area contributed by atoms with Crippen LogP contribution < -0.4 is 10.3 Å². The molecule has 0 aliphatic carbocycles. The number of carbonyl (C=O) groups is 1. The van der Waals surface area contributed by atoms with Gasteiger partial charge in [-0.15, -0.1) is 10.2 Å². The predicted octanol–water partition coefficient (Wildman–Crippen LogP) is 4.71. The molecule has 0 fully saturated rings. The Balaban J connectivity index is 1.77. The van der Waals surface area contributed by atoms with Crippen molar-refractivity contribution in [1.29, 1.82) is 0 Å². The molecule has 0 radical (unpaired) electrons. The Morgan fingerprint density at radius 2 is 1.94 bits per heavy atom. The van der Waals surface area contributed by atoms with Crippen LogP contribution in [-0.2, 0) is 6.42 Å². The van der Waals surface area contributed by atoms with Gasteiger partial charge in [-0.2, -0.15) is 0 Å². The maximum atomic E-state index is 13.5. The lowest BCUT2D eigenvalue weighted by Gasteiger charge is -2.22. The normalized spacial score (nSPS) is 15.6. The minimum Gasteiger partial charge on any atom is -0.508 e. The van der Waals surface area contributed by atoms with Gasteiger partial charge in [-0.1, -0.05) is 42.0 Å². The topological polar surface area (TPSA) is 96.5 Å². The Labute approximate surface area is 185 Å². The monoisotopic (exact) mass is 453 g/mol. The summed E-state index contributed by atoms with van der Waals surface area (Å²) >= 11 is 7.41. The van der Waals surface area contributed by atoms with Crippen molar-refractivity contribution in [2.24, 2.45) is 0 Å². The molecule has 0 saturated heterocycles. The van der Waals surface area contributed by atoms with Gasteiger partial charge in [-0.3, -0.25) is 14.5 Å². The fourth-order valence-corrected chi connectivity index (χ4v) is 4.91. The lowest BCUT2D eigenvalue weighted by atomic mass is 9.98. The smallest absolute Gasteiger partial charge is 0.297 e. The van der Waals surface area contributed by atoms with E-state index in [0.717, 1.165) is 17.8 Å². The fraction of sp³-hybridized carbons (Fsp3) is 0.182. The number of halogens is 1. The zero-order valence-corrected chi connectivity index (χ0v) is 17.9. The van der Waals surface area contributed by atoms with E-state index in [1.54, 1.807) is 24.3 Å². The molecule has 1 unspecified atom stereocenters. The van der Waals surface area contributed by atoms with Crippen LogP contribution in [0.3, 0.4) is 0 Å². The number of aromatic hydroxyl groups is 1. The average molecular weight is 454 g/mol. The highest BCUT2D eigenvalue weighted by atomic mass is 35.5. The summed E-state index contributed by atoms with van der Waals surface area (Å²) in [6, 6.07) is 10.3. The quantitative estimate of drug-likeness (QED) is 0.480. The number of amides is 1. The van der Waals surface area contributed by atoms with E-state index >= 15 is 0 Å². The summed E-state index contributed by atoms with van der Waals surface area (Å²) in [6.45, 7) is 2.04. The van der Waals surface area contributed by atoms with E-state index in [9.17, 15) is 14.7 Å². The second-order valence-corrected chi connectivity index (χ2v) is 8.69. The van der Waals surface area contributed by atoms with Crippen LogP contribution in [0.2, 0.25) is 5.02 Å². The second kappa shape index (κ2) is 7.47. The van der Waals surface area contributed by atoms with Gasteiger partial charge in [0, 0.05) is 11.4 Å². The van der Waals surface area contributed by atoms with E-state index in [2.05, 4.69) is 10.2 Å². The van der Waals surface area contributed by atoms with Crippen LogP contribution >= 0.6 is 22.9 Å². The Morgan fingerprint density at radius 1 is 1.16 bits per heavy atom. The molecule has 0 saturated carbocycles. The summed E-state index contributed by atoms with van der Waals surface area (Å²) in [7, 11) is 0. The number of nitrogens with zero attached hydrogens (tertiary/aromatic N) is 3. The third kappa shape index (κ3) is 3.19. The Hall–Kier alpha value is -3.23. The largest absolute Gasteiger partial charge is 0.508 e. The number of aromatic nitrogens is 2. The molecule has 2 aromatic heterocycles. The number of fused-ring (bicyclic) bond motifs is 2. The summed E-state index contributed by atoms with van der Waals surface area (Å²) in [6.07, 6.45) is 1.65. The minimum absolute atomic E-state index is 0.0230. The van der Waals surface area contributed by atoms with Crippen molar-refractivity contribution >= 4 is 44.9 Å². The highest BCUT2D eigenvalue weighted by Crippen LogP contribution is 2.42. The maximum absolute atomic E-state index is 13.5. The molecule has 9 heteroatoms. The van der Waals surface area contributed by atoms with Crippen LogP contribution in [0.1, 0.15) is 46.1 Å². The van der Waals surface area contributed by atoms with Crippen LogP contribution in [0.4, 0.5) is 5.13 Å². The molecule has 1 amide bonds. The maximum Gasteiger partial charge on any atom is 0.297 e. The number of rotatable bonds is 4. The standard InChI is InChI=1S/C22H16ClN3O4S/c1-2-3-16-24-25-22(31-16)26-18(11-4-7-13(27)8-5-11)17-19(28)14-10-12(23)6-9-15(14)30-20(17)21(26)29/h4-10,18,27H,2-3H2,1H3. The molecule has 3 heterocycles. The first-order valence-corrected chi connectivity index (χ1v) is 10.9. The highest BCUT2D eigenvalue weighted by Gasteiger charge is 2.45. The molecular formula is C22H16ClN3O4S. The van der Waals surface area contributed by atoms with Gasteiger partial charge in [-0.05, 0) is 42.3 Å².